The van der Waals surface area contributed by atoms with Crippen LogP contribution in [0.25, 0.3) is 11.1 Å². The topological polar surface area (TPSA) is 55.8 Å². The van der Waals surface area contributed by atoms with Crippen LogP contribution in [0.4, 0.5) is 0 Å². The highest BCUT2D eigenvalue weighted by Gasteiger charge is 2.07. The number of hydrogen-bond acceptors (Lipinski definition) is 3. The number of carboxylic acid groups (broad SMARTS) is 1. The summed E-state index contributed by atoms with van der Waals surface area (Å²) >= 11 is 5.94. The molecule has 0 radical (unpaired) electrons. The van der Waals surface area contributed by atoms with Crippen molar-refractivity contribution in [1.82, 2.24) is 0 Å². The summed E-state index contributed by atoms with van der Waals surface area (Å²) in [4.78, 5) is 11.0. The maximum absolute atomic E-state index is 11.0. The Morgan fingerprint density at radius 1 is 1.03 bits per heavy atom. The van der Waals surface area contributed by atoms with Crippen molar-refractivity contribution in [2.24, 2.45) is 0 Å². The van der Waals surface area contributed by atoms with E-state index in [1.807, 2.05) is 48.5 Å². The van der Waals surface area contributed by atoms with Crippen LogP contribution >= 0.6 is 11.6 Å². The smallest absolute Gasteiger partial charge is 0.307 e. The molecular weight excluding hydrogens is 388 g/mol. The van der Waals surface area contributed by atoms with E-state index in [1.165, 1.54) is 0 Å². The number of rotatable bonds is 6. The summed E-state index contributed by atoms with van der Waals surface area (Å²) in [6.45, 7) is 0.210. The van der Waals surface area contributed by atoms with Crippen LogP contribution in [0, 0.1) is 11.8 Å². The highest BCUT2D eigenvalue weighted by molar-refractivity contribution is 6.30. The van der Waals surface area contributed by atoms with Crippen LogP contribution in [-0.4, -0.2) is 24.8 Å². The lowest BCUT2D eigenvalue weighted by Gasteiger charge is -2.08. The van der Waals surface area contributed by atoms with E-state index in [0.29, 0.717) is 16.5 Å². The number of carbonyl (C=O) groups is 1. The number of benzene rings is 3. The third kappa shape index (κ3) is 5.78. The van der Waals surface area contributed by atoms with Gasteiger partial charge in [-0.05, 0) is 47.0 Å². The summed E-state index contributed by atoms with van der Waals surface area (Å²) in [6.07, 6.45) is -0.0164. The van der Waals surface area contributed by atoms with Crippen molar-refractivity contribution < 1.29 is 19.4 Å². The lowest BCUT2D eigenvalue weighted by molar-refractivity contribution is -0.136. The molecule has 0 aliphatic rings. The van der Waals surface area contributed by atoms with Gasteiger partial charge in [0.1, 0.15) is 18.1 Å². The Bertz CT molecular complexity index is 1080. The molecule has 0 amide bonds. The van der Waals surface area contributed by atoms with Crippen LogP contribution in [0.5, 0.6) is 11.5 Å². The zero-order valence-corrected chi connectivity index (χ0v) is 16.6. The summed E-state index contributed by atoms with van der Waals surface area (Å²) in [5, 5.41) is 9.61. The van der Waals surface area contributed by atoms with Gasteiger partial charge in [0.15, 0.2) is 0 Å². The van der Waals surface area contributed by atoms with Crippen molar-refractivity contribution >= 4 is 17.6 Å². The summed E-state index contributed by atoms with van der Waals surface area (Å²) < 4.78 is 11.0. The molecule has 0 heterocycles. The largest absolute Gasteiger partial charge is 0.495 e. The Balaban J connectivity index is 1.80. The zero-order valence-electron chi connectivity index (χ0n) is 15.8. The Hall–Kier alpha value is -3.42. The van der Waals surface area contributed by atoms with E-state index < -0.39 is 5.97 Å². The first-order valence-electron chi connectivity index (χ1n) is 8.91. The van der Waals surface area contributed by atoms with E-state index in [9.17, 15) is 4.79 Å². The number of methoxy groups -OCH3 is 1. The fourth-order valence-corrected chi connectivity index (χ4v) is 3.01. The monoisotopic (exact) mass is 406 g/mol. The fourth-order valence-electron chi connectivity index (χ4n) is 2.83. The van der Waals surface area contributed by atoms with E-state index >= 15 is 0 Å². The number of aliphatic carboxylic acids is 1. The highest BCUT2D eigenvalue weighted by atomic mass is 35.5. The van der Waals surface area contributed by atoms with Gasteiger partial charge in [0.25, 0.3) is 0 Å². The van der Waals surface area contributed by atoms with Gasteiger partial charge in [0.05, 0.1) is 19.1 Å². The third-order valence-corrected chi connectivity index (χ3v) is 4.38. The van der Waals surface area contributed by atoms with Gasteiger partial charge in [0.2, 0.25) is 0 Å². The normalized spacial score (nSPS) is 10.0. The number of ether oxygens (including phenoxy) is 2. The van der Waals surface area contributed by atoms with Crippen LogP contribution in [0.1, 0.15) is 11.1 Å². The first kappa shape index (κ1) is 20.3. The van der Waals surface area contributed by atoms with E-state index in [-0.39, 0.29) is 13.0 Å². The van der Waals surface area contributed by atoms with Crippen LogP contribution in [0.3, 0.4) is 0 Å². The molecule has 0 saturated heterocycles. The molecule has 0 aliphatic heterocycles. The first-order chi connectivity index (χ1) is 14.0. The molecule has 0 saturated carbocycles. The summed E-state index contributed by atoms with van der Waals surface area (Å²) in [7, 11) is 1.59. The maximum atomic E-state index is 11.0. The maximum Gasteiger partial charge on any atom is 0.307 e. The Labute approximate surface area is 174 Å². The number of carboxylic acids is 1. The standard InChI is InChI=1S/C24H19ClO4/c1-28-23-11-10-19(18-6-2-5-17(13-18)14-24(26)27)15-20(23)7-4-12-29-22-9-3-8-21(25)16-22/h2-3,5-6,8-11,13,15-16H,12,14H2,1H3,(H,26,27). The van der Waals surface area contributed by atoms with Gasteiger partial charge in [-0.3, -0.25) is 4.79 Å². The molecule has 0 aromatic heterocycles. The van der Waals surface area contributed by atoms with Crippen molar-refractivity contribution in [3.8, 4) is 34.5 Å². The lowest BCUT2D eigenvalue weighted by atomic mass is 9.99. The van der Waals surface area contributed by atoms with Gasteiger partial charge >= 0.3 is 5.97 Å². The van der Waals surface area contributed by atoms with Crippen molar-refractivity contribution in [2.45, 2.75) is 6.42 Å². The van der Waals surface area contributed by atoms with Crippen LogP contribution in [0.15, 0.2) is 66.7 Å². The molecule has 3 aromatic carbocycles. The minimum atomic E-state index is -0.858. The van der Waals surface area contributed by atoms with E-state index in [2.05, 4.69) is 11.8 Å². The van der Waals surface area contributed by atoms with Crippen molar-refractivity contribution in [3.05, 3.63) is 82.9 Å². The molecule has 0 spiro atoms. The molecule has 0 aliphatic carbocycles. The fraction of sp³-hybridized carbons (Fsp3) is 0.125. The molecule has 3 rings (SSSR count). The lowest BCUT2D eigenvalue weighted by Crippen LogP contribution is -1.99. The second kappa shape index (κ2) is 9.68. The number of hydrogen-bond donors (Lipinski definition) is 1. The van der Waals surface area contributed by atoms with Crippen molar-refractivity contribution in [3.63, 3.8) is 0 Å². The third-order valence-electron chi connectivity index (χ3n) is 4.15. The molecule has 29 heavy (non-hydrogen) atoms. The van der Waals surface area contributed by atoms with Gasteiger partial charge in [0, 0.05) is 5.02 Å². The zero-order chi connectivity index (χ0) is 20.6. The van der Waals surface area contributed by atoms with Crippen LogP contribution < -0.4 is 9.47 Å². The van der Waals surface area contributed by atoms with Crippen molar-refractivity contribution in [2.75, 3.05) is 13.7 Å². The second-order valence-corrected chi connectivity index (χ2v) is 6.67. The Morgan fingerprint density at radius 2 is 1.83 bits per heavy atom. The number of halogens is 1. The van der Waals surface area contributed by atoms with Gasteiger partial charge in [-0.25, -0.2) is 0 Å². The molecule has 0 bridgehead atoms. The van der Waals surface area contributed by atoms with Crippen LogP contribution in [-0.2, 0) is 11.2 Å². The van der Waals surface area contributed by atoms with Gasteiger partial charge in [-0.1, -0.05) is 59.8 Å². The van der Waals surface area contributed by atoms with Gasteiger partial charge in [-0.2, -0.15) is 0 Å². The second-order valence-electron chi connectivity index (χ2n) is 6.23. The summed E-state index contributed by atoms with van der Waals surface area (Å²) in [5.74, 6) is 6.52. The minimum Gasteiger partial charge on any atom is -0.495 e. The quantitative estimate of drug-likeness (QED) is 0.580. The highest BCUT2D eigenvalue weighted by Crippen LogP contribution is 2.27. The first-order valence-corrected chi connectivity index (χ1v) is 9.29. The van der Waals surface area contributed by atoms with E-state index in [4.69, 9.17) is 26.2 Å². The average molecular weight is 407 g/mol. The predicted molar refractivity (Wildman–Crippen MR) is 114 cm³/mol. The molecule has 0 atom stereocenters. The van der Waals surface area contributed by atoms with E-state index in [1.54, 1.807) is 25.3 Å². The molecule has 1 N–H and O–H groups in total. The Kier molecular flexibility index (Phi) is 6.78. The molecule has 5 heteroatoms. The molecule has 146 valence electrons. The average Bonchev–Trinajstić information content (AvgIpc) is 2.71. The van der Waals surface area contributed by atoms with Crippen LogP contribution in [0.2, 0.25) is 5.02 Å². The van der Waals surface area contributed by atoms with E-state index in [0.717, 1.165) is 22.3 Å². The minimum absolute atomic E-state index is 0.0164. The summed E-state index contributed by atoms with van der Waals surface area (Å²) in [6, 6.07) is 20.3. The molecule has 4 nitrogen and oxygen atoms in total. The van der Waals surface area contributed by atoms with Gasteiger partial charge < -0.3 is 14.6 Å². The predicted octanol–water partition coefficient (Wildman–Crippen LogP) is 5.07. The molecule has 0 unspecified atom stereocenters. The van der Waals surface area contributed by atoms with Gasteiger partial charge in [-0.15, -0.1) is 0 Å². The molecule has 3 aromatic rings. The van der Waals surface area contributed by atoms with Crippen molar-refractivity contribution in [1.29, 1.82) is 0 Å². The SMILES string of the molecule is COc1ccc(-c2cccc(CC(=O)O)c2)cc1C#CCOc1cccc(Cl)c1. The Morgan fingerprint density at radius 3 is 2.59 bits per heavy atom. The molecular formula is C24H19ClO4. The summed E-state index contributed by atoms with van der Waals surface area (Å²) in [5.41, 5.74) is 3.32. The molecule has 0 fully saturated rings.